The Hall–Kier alpha value is -3.29. The minimum atomic E-state index is -0.505. The van der Waals surface area contributed by atoms with Gasteiger partial charge < -0.3 is 19.4 Å². The summed E-state index contributed by atoms with van der Waals surface area (Å²) >= 11 is 0. The number of nitrogens with one attached hydrogen (secondary N) is 1. The van der Waals surface area contributed by atoms with E-state index in [0.29, 0.717) is 37.7 Å². The Morgan fingerprint density at radius 2 is 2.06 bits per heavy atom. The molecule has 1 fully saturated rings. The van der Waals surface area contributed by atoms with Crippen LogP contribution in [0.25, 0.3) is 11.0 Å². The largest absolute Gasteiger partial charge is 0.493 e. The van der Waals surface area contributed by atoms with Crippen LogP contribution in [-0.2, 0) is 6.54 Å². The van der Waals surface area contributed by atoms with Gasteiger partial charge in [-0.15, -0.1) is 0 Å². The second-order valence-corrected chi connectivity index (χ2v) is 7.93. The van der Waals surface area contributed by atoms with Crippen molar-refractivity contribution in [3.05, 3.63) is 48.0 Å². The van der Waals surface area contributed by atoms with Gasteiger partial charge in [0.1, 0.15) is 5.65 Å². The van der Waals surface area contributed by atoms with Gasteiger partial charge in [0.05, 0.1) is 19.4 Å². The van der Waals surface area contributed by atoms with Crippen molar-refractivity contribution >= 4 is 22.8 Å². The first kappa shape index (κ1) is 21.9. The number of fused-ring (bicyclic) bond motifs is 1. The number of unbranched alkanes of at least 4 members (excludes halogenated alkanes) is 2. The molecule has 1 saturated heterocycles. The summed E-state index contributed by atoms with van der Waals surface area (Å²) in [5.74, 6) is 0.277. The molecule has 1 aliphatic heterocycles. The van der Waals surface area contributed by atoms with Gasteiger partial charge in [0.2, 0.25) is 0 Å². The number of carbonyl (C=O) groups is 1. The predicted octanol–water partition coefficient (Wildman–Crippen LogP) is 5.11. The van der Waals surface area contributed by atoms with E-state index in [0.717, 1.165) is 42.3 Å². The number of carbonyl (C=O) groups excluding carboxylic acids is 1. The molecule has 0 bridgehead atoms. The van der Waals surface area contributed by atoms with Crippen LogP contribution in [0, 0.1) is 5.82 Å². The molecule has 0 saturated carbocycles. The Bertz CT molecular complexity index is 1080. The van der Waals surface area contributed by atoms with Crippen LogP contribution in [-0.4, -0.2) is 47.7 Å². The summed E-state index contributed by atoms with van der Waals surface area (Å²) in [6.45, 7) is 4.14. The van der Waals surface area contributed by atoms with E-state index < -0.39 is 5.82 Å². The van der Waals surface area contributed by atoms with E-state index in [-0.39, 0.29) is 11.7 Å². The van der Waals surface area contributed by atoms with Crippen LogP contribution < -0.4 is 14.4 Å². The fourth-order valence-corrected chi connectivity index (χ4v) is 4.05. The molecule has 0 unspecified atom stereocenters. The van der Waals surface area contributed by atoms with Gasteiger partial charge in [-0.05, 0) is 30.5 Å². The van der Waals surface area contributed by atoms with E-state index in [4.69, 9.17) is 9.47 Å². The highest BCUT2D eigenvalue weighted by Crippen LogP contribution is 2.36. The number of ether oxygens (including phenoxy) is 2. The maximum absolute atomic E-state index is 15.0. The number of nitrogens with zero attached hydrogens (tertiary/aromatic N) is 3. The van der Waals surface area contributed by atoms with Crippen LogP contribution in [0.4, 0.5) is 14.9 Å². The van der Waals surface area contributed by atoms with Crippen molar-refractivity contribution in [1.82, 2.24) is 14.9 Å². The summed E-state index contributed by atoms with van der Waals surface area (Å²) in [6, 6.07) is 6.52. The lowest BCUT2D eigenvalue weighted by Gasteiger charge is -2.36. The van der Waals surface area contributed by atoms with Crippen LogP contribution in [0.15, 0.2) is 36.7 Å². The maximum Gasteiger partial charge on any atom is 0.324 e. The zero-order valence-electron chi connectivity index (χ0n) is 18.6. The Labute approximate surface area is 187 Å². The molecule has 0 spiro atoms. The number of anilines is 1. The van der Waals surface area contributed by atoms with Gasteiger partial charge in [0, 0.05) is 49.5 Å². The Morgan fingerprint density at radius 1 is 1.19 bits per heavy atom. The molecule has 32 heavy (non-hydrogen) atoms. The van der Waals surface area contributed by atoms with Gasteiger partial charge in [-0.25, -0.2) is 14.2 Å². The van der Waals surface area contributed by atoms with Crippen LogP contribution in [0.1, 0.15) is 38.2 Å². The summed E-state index contributed by atoms with van der Waals surface area (Å²) in [5, 5.41) is 0.982. The number of aromatic amines is 1. The molecule has 170 valence electrons. The lowest BCUT2D eigenvalue weighted by Crippen LogP contribution is -2.49. The average molecular weight is 441 g/mol. The van der Waals surface area contributed by atoms with Crippen LogP contribution in [0.5, 0.6) is 11.5 Å². The van der Waals surface area contributed by atoms with Crippen LogP contribution in [0.2, 0.25) is 0 Å². The highest BCUT2D eigenvalue weighted by atomic mass is 19.1. The molecular weight excluding hydrogens is 411 g/mol. The third-order valence-electron chi connectivity index (χ3n) is 5.75. The summed E-state index contributed by atoms with van der Waals surface area (Å²) < 4.78 is 26.1. The lowest BCUT2D eigenvalue weighted by atomic mass is 10.1. The standard InChI is InChI=1S/C24H29FN4O3/c1-3-4-5-13-32-22-15-20(19(25)14-21(22)31-2)29-12-6-11-28(24(29)30)16-17-7-9-26-23-18(17)8-10-27-23/h7-10,14-15H,3-6,11-13,16H2,1-2H3,(H,26,27). The number of benzene rings is 1. The second-order valence-electron chi connectivity index (χ2n) is 7.93. The quantitative estimate of drug-likeness (QED) is 0.469. The first-order chi connectivity index (χ1) is 15.6. The fraction of sp³-hybridized carbons (Fsp3) is 0.417. The number of methoxy groups -OCH3 is 1. The Morgan fingerprint density at radius 3 is 2.88 bits per heavy atom. The molecule has 0 aliphatic carbocycles. The Kier molecular flexibility index (Phi) is 6.78. The fourth-order valence-electron chi connectivity index (χ4n) is 4.05. The van der Waals surface area contributed by atoms with Gasteiger partial charge in [-0.2, -0.15) is 0 Å². The van der Waals surface area contributed by atoms with Gasteiger partial charge >= 0.3 is 6.03 Å². The lowest BCUT2D eigenvalue weighted by molar-refractivity contribution is 0.192. The molecule has 0 radical (unpaired) electrons. The minimum absolute atomic E-state index is 0.215. The summed E-state index contributed by atoms with van der Waals surface area (Å²) in [4.78, 5) is 23.9. The molecule has 1 N–H and O–H groups in total. The van der Waals surface area contributed by atoms with Crippen LogP contribution in [0.3, 0.4) is 0 Å². The average Bonchev–Trinajstić information content (AvgIpc) is 3.29. The van der Waals surface area contributed by atoms with E-state index in [9.17, 15) is 9.18 Å². The van der Waals surface area contributed by atoms with Crippen molar-refractivity contribution in [3.63, 3.8) is 0 Å². The Balaban J connectivity index is 1.56. The highest BCUT2D eigenvalue weighted by molar-refractivity contribution is 5.93. The molecule has 8 heteroatoms. The van der Waals surface area contributed by atoms with Crippen molar-refractivity contribution in [2.24, 2.45) is 0 Å². The van der Waals surface area contributed by atoms with Crippen molar-refractivity contribution in [2.45, 2.75) is 39.2 Å². The van der Waals surface area contributed by atoms with Gasteiger partial charge in [0.15, 0.2) is 17.3 Å². The smallest absolute Gasteiger partial charge is 0.324 e. The molecule has 3 aromatic rings. The summed E-state index contributed by atoms with van der Waals surface area (Å²) in [7, 11) is 1.48. The van der Waals surface area contributed by atoms with Crippen molar-refractivity contribution < 1.29 is 18.7 Å². The normalized spacial score (nSPS) is 14.3. The number of aromatic nitrogens is 2. The molecule has 7 nitrogen and oxygen atoms in total. The zero-order chi connectivity index (χ0) is 22.5. The number of hydrogen-bond acceptors (Lipinski definition) is 4. The van der Waals surface area contributed by atoms with Gasteiger partial charge in [-0.3, -0.25) is 4.90 Å². The number of urea groups is 1. The summed E-state index contributed by atoms with van der Waals surface area (Å²) in [5.41, 5.74) is 2.00. The topological polar surface area (TPSA) is 70.7 Å². The first-order valence-corrected chi connectivity index (χ1v) is 11.1. The molecule has 3 heterocycles. The van der Waals surface area contributed by atoms with E-state index in [1.807, 2.05) is 18.3 Å². The zero-order valence-corrected chi connectivity index (χ0v) is 18.6. The van der Waals surface area contributed by atoms with Crippen molar-refractivity contribution in [1.29, 1.82) is 0 Å². The highest BCUT2D eigenvalue weighted by Gasteiger charge is 2.30. The summed E-state index contributed by atoms with van der Waals surface area (Å²) in [6.07, 6.45) is 7.35. The van der Waals surface area contributed by atoms with E-state index in [2.05, 4.69) is 16.9 Å². The number of H-pyrrole nitrogens is 1. The van der Waals surface area contributed by atoms with Crippen molar-refractivity contribution in [3.8, 4) is 11.5 Å². The number of halogens is 1. The van der Waals surface area contributed by atoms with Gasteiger partial charge in [-0.1, -0.05) is 19.8 Å². The molecule has 4 rings (SSSR count). The monoisotopic (exact) mass is 440 g/mol. The predicted molar refractivity (Wildman–Crippen MR) is 122 cm³/mol. The van der Waals surface area contributed by atoms with Crippen LogP contribution >= 0.6 is 0 Å². The van der Waals surface area contributed by atoms with E-state index in [1.165, 1.54) is 18.1 Å². The molecule has 1 aromatic carbocycles. The number of rotatable bonds is 9. The van der Waals surface area contributed by atoms with E-state index >= 15 is 0 Å². The molecular formula is C24H29FN4O3. The van der Waals surface area contributed by atoms with Gasteiger partial charge in [0.25, 0.3) is 0 Å². The molecule has 1 aliphatic rings. The van der Waals surface area contributed by atoms with E-state index in [1.54, 1.807) is 17.2 Å². The molecule has 2 aromatic heterocycles. The SMILES string of the molecule is CCCCCOc1cc(N2CCCN(Cc3ccnc4[nH]ccc34)C2=O)c(F)cc1OC. The number of amides is 2. The second kappa shape index (κ2) is 9.89. The maximum atomic E-state index is 15.0. The molecule has 2 amide bonds. The van der Waals surface area contributed by atoms with Crippen molar-refractivity contribution in [2.75, 3.05) is 31.7 Å². The number of pyridine rings is 1. The first-order valence-electron chi connectivity index (χ1n) is 11.1. The minimum Gasteiger partial charge on any atom is -0.493 e. The third kappa shape index (κ3) is 4.49. The molecule has 0 atom stereocenters. The number of hydrogen-bond donors (Lipinski definition) is 1. The third-order valence-corrected chi connectivity index (χ3v) is 5.75.